The van der Waals surface area contributed by atoms with Gasteiger partial charge in [-0.15, -0.1) is 0 Å². The van der Waals surface area contributed by atoms with Gasteiger partial charge >= 0.3 is 6.09 Å². The smallest absolute Gasteiger partial charge is 0.408 e. The first kappa shape index (κ1) is 26.9. The van der Waals surface area contributed by atoms with Crippen molar-refractivity contribution in [3.8, 4) is 0 Å². The first-order valence-electron chi connectivity index (χ1n) is 10.4. The summed E-state index contributed by atoms with van der Waals surface area (Å²) in [5, 5.41) is 5.29. The minimum atomic E-state index is -1.29. The van der Waals surface area contributed by atoms with Crippen LogP contribution in [0, 0.1) is 6.92 Å². The number of nitrogens with zero attached hydrogens (tertiary/aromatic N) is 1. The molecular weight excluding hydrogens is 412 g/mol. The summed E-state index contributed by atoms with van der Waals surface area (Å²) in [5.41, 5.74) is 5.48. The third-order valence-corrected chi connectivity index (χ3v) is 4.23. The van der Waals surface area contributed by atoms with Crippen LogP contribution < -0.4 is 16.4 Å². The van der Waals surface area contributed by atoms with E-state index < -0.39 is 53.5 Å². The number of primary amides is 1. The van der Waals surface area contributed by atoms with Gasteiger partial charge in [-0.2, -0.15) is 0 Å². The molecule has 0 aliphatic heterocycles. The fourth-order valence-corrected chi connectivity index (χ4v) is 3.05. The van der Waals surface area contributed by atoms with Crippen molar-refractivity contribution >= 4 is 23.8 Å². The summed E-state index contributed by atoms with van der Waals surface area (Å²) in [4.78, 5) is 51.5. The lowest BCUT2D eigenvalue weighted by molar-refractivity contribution is -0.142. The van der Waals surface area contributed by atoms with E-state index in [0.29, 0.717) is 5.56 Å². The summed E-state index contributed by atoms with van der Waals surface area (Å²) < 4.78 is 5.20. The number of rotatable bonds is 7. The highest BCUT2D eigenvalue weighted by Gasteiger charge is 2.35. The van der Waals surface area contributed by atoms with Crippen molar-refractivity contribution in [2.24, 2.45) is 5.73 Å². The number of ether oxygens (including phenoxy) is 1. The predicted octanol–water partition coefficient (Wildman–Crippen LogP) is 2.18. The lowest BCUT2D eigenvalue weighted by Crippen LogP contribution is -2.54. The Morgan fingerprint density at radius 3 is 2.16 bits per heavy atom. The van der Waals surface area contributed by atoms with Gasteiger partial charge in [-0.25, -0.2) is 4.79 Å². The maximum absolute atomic E-state index is 13.3. The van der Waals surface area contributed by atoms with Crippen molar-refractivity contribution in [2.75, 3.05) is 7.05 Å². The molecule has 0 bridgehead atoms. The Kier molecular flexibility index (Phi) is 8.82. The highest BCUT2D eigenvalue weighted by Crippen LogP contribution is 2.23. The van der Waals surface area contributed by atoms with Crippen LogP contribution in [0.25, 0.3) is 0 Å². The predicted molar refractivity (Wildman–Crippen MR) is 122 cm³/mol. The van der Waals surface area contributed by atoms with Gasteiger partial charge in [0.1, 0.15) is 17.7 Å². The van der Waals surface area contributed by atoms with E-state index in [1.807, 2.05) is 33.8 Å². The van der Waals surface area contributed by atoms with Crippen molar-refractivity contribution in [3.05, 3.63) is 35.4 Å². The molecule has 0 aromatic heterocycles. The van der Waals surface area contributed by atoms with Gasteiger partial charge in [0.2, 0.25) is 17.7 Å². The minimum Gasteiger partial charge on any atom is -0.444 e. The molecule has 2 atom stereocenters. The molecule has 1 aromatic carbocycles. The quantitative estimate of drug-likeness (QED) is 0.588. The zero-order valence-electron chi connectivity index (χ0n) is 20.2. The van der Waals surface area contributed by atoms with Crippen LogP contribution in [0.15, 0.2) is 24.3 Å². The van der Waals surface area contributed by atoms with Gasteiger partial charge in [0.15, 0.2) is 0 Å². The number of benzene rings is 1. The van der Waals surface area contributed by atoms with Gasteiger partial charge in [0.05, 0.1) is 6.42 Å². The number of carbonyl (C=O) groups excluding carboxylic acids is 4. The largest absolute Gasteiger partial charge is 0.444 e. The lowest BCUT2D eigenvalue weighted by Gasteiger charge is -2.33. The van der Waals surface area contributed by atoms with Crippen LogP contribution in [-0.2, 0) is 19.1 Å². The minimum absolute atomic E-state index is 0.394. The Hall–Kier alpha value is -3.10. The Labute approximate surface area is 190 Å². The van der Waals surface area contributed by atoms with Crippen molar-refractivity contribution in [2.45, 2.75) is 78.1 Å². The third-order valence-electron chi connectivity index (χ3n) is 4.23. The van der Waals surface area contributed by atoms with Crippen molar-refractivity contribution in [1.82, 2.24) is 15.5 Å². The molecule has 0 heterocycles. The maximum Gasteiger partial charge on any atom is 0.408 e. The molecule has 9 nitrogen and oxygen atoms in total. The number of nitrogens with one attached hydrogen (secondary N) is 2. The van der Waals surface area contributed by atoms with Crippen LogP contribution >= 0.6 is 0 Å². The first-order valence-corrected chi connectivity index (χ1v) is 10.4. The number of alkyl carbamates (subject to hydrolysis) is 1. The van der Waals surface area contributed by atoms with Gasteiger partial charge in [-0.1, -0.05) is 29.8 Å². The molecule has 0 aliphatic carbocycles. The van der Waals surface area contributed by atoms with Crippen LogP contribution in [0.5, 0.6) is 0 Å². The fraction of sp³-hybridized carbons (Fsp3) is 0.565. The van der Waals surface area contributed by atoms with Crippen LogP contribution in [-0.4, -0.2) is 52.9 Å². The topological polar surface area (TPSA) is 131 Å². The second kappa shape index (κ2) is 10.5. The molecule has 4 amide bonds. The lowest BCUT2D eigenvalue weighted by atomic mass is 9.99. The number of amides is 4. The fourth-order valence-electron chi connectivity index (χ4n) is 3.05. The van der Waals surface area contributed by atoms with Crippen LogP contribution in [0.4, 0.5) is 4.79 Å². The van der Waals surface area contributed by atoms with Crippen LogP contribution in [0.2, 0.25) is 0 Å². The number of hydrogen-bond acceptors (Lipinski definition) is 5. The van der Waals surface area contributed by atoms with E-state index in [0.717, 1.165) is 5.56 Å². The van der Waals surface area contributed by atoms with Crippen molar-refractivity contribution < 1.29 is 23.9 Å². The highest BCUT2D eigenvalue weighted by atomic mass is 16.6. The molecule has 0 spiro atoms. The molecule has 0 radical (unpaired) electrons. The monoisotopic (exact) mass is 448 g/mol. The summed E-state index contributed by atoms with van der Waals surface area (Å²) in [6.07, 6.45) is -1.30. The average molecular weight is 449 g/mol. The van der Waals surface area contributed by atoms with Crippen LogP contribution in [0.3, 0.4) is 0 Å². The molecule has 4 N–H and O–H groups in total. The second-order valence-electron chi connectivity index (χ2n) is 9.87. The Morgan fingerprint density at radius 2 is 1.69 bits per heavy atom. The standard InChI is InChI=1S/C23H36N4O5/c1-14-10-9-11-15(12-14)18(19(29)26-22(2,3)4)27(8)20(30)16(13-17(24)28)25-21(31)32-23(5,6)7/h9-12,16,18H,13H2,1-8H3,(H2,24,28)(H,25,31)(H,26,29). The van der Waals surface area contributed by atoms with Crippen molar-refractivity contribution in [1.29, 1.82) is 0 Å². The van der Waals surface area contributed by atoms with Gasteiger partial charge in [0, 0.05) is 12.6 Å². The number of carbonyl (C=O) groups is 4. The molecule has 0 aliphatic rings. The molecule has 0 fully saturated rings. The Bertz CT molecular complexity index is 855. The Balaban J connectivity index is 3.29. The number of likely N-dealkylation sites (N-methyl/N-ethyl adjacent to an activating group) is 1. The van der Waals surface area contributed by atoms with Crippen LogP contribution in [0.1, 0.15) is 65.1 Å². The number of hydrogen-bond donors (Lipinski definition) is 3. The van der Waals surface area contributed by atoms with Gasteiger partial charge in [-0.3, -0.25) is 14.4 Å². The maximum atomic E-state index is 13.3. The summed E-state index contributed by atoms with van der Waals surface area (Å²) in [6, 6.07) is 4.94. The van der Waals surface area contributed by atoms with E-state index in [2.05, 4.69) is 10.6 Å². The van der Waals surface area contributed by atoms with Gasteiger partial charge < -0.3 is 26.0 Å². The third kappa shape index (κ3) is 8.95. The summed E-state index contributed by atoms with van der Waals surface area (Å²) in [6.45, 7) is 12.4. The van der Waals surface area contributed by atoms with E-state index in [4.69, 9.17) is 10.5 Å². The molecule has 1 aromatic rings. The SMILES string of the molecule is Cc1cccc(C(C(=O)NC(C)(C)C)N(C)C(=O)C(CC(N)=O)NC(=O)OC(C)(C)C)c1. The number of aryl methyl sites for hydroxylation is 1. The zero-order valence-corrected chi connectivity index (χ0v) is 20.2. The molecule has 2 unspecified atom stereocenters. The normalized spacial score (nSPS) is 13.5. The zero-order chi connectivity index (χ0) is 24.9. The molecule has 178 valence electrons. The first-order chi connectivity index (χ1) is 14.5. The highest BCUT2D eigenvalue weighted by molar-refractivity contribution is 5.94. The summed E-state index contributed by atoms with van der Waals surface area (Å²) in [7, 11) is 1.45. The van der Waals surface area contributed by atoms with Gasteiger partial charge in [0.25, 0.3) is 0 Å². The van der Waals surface area contributed by atoms with Crippen molar-refractivity contribution in [3.63, 3.8) is 0 Å². The van der Waals surface area contributed by atoms with E-state index in [-0.39, 0.29) is 0 Å². The molecule has 0 saturated carbocycles. The summed E-state index contributed by atoms with van der Waals surface area (Å²) in [5.74, 6) is -1.82. The van der Waals surface area contributed by atoms with Gasteiger partial charge in [-0.05, 0) is 54.0 Å². The second-order valence-corrected chi connectivity index (χ2v) is 9.87. The molecule has 9 heteroatoms. The molecular formula is C23H36N4O5. The van der Waals surface area contributed by atoms with E-state index in [9.17, 15) is 19.2 Å². The molecule has 1 rings (SSSR count). The van der Waals surface area contributed by atoms with E-state index in [1.165, 1.54) is 11.9 Å². The van der Waals surface area contributed by atoms with E-state index >= 15 is 0 Å². The molecule has 0 saturated heterocycles. The van der Waals surface area contributed by atoms with E-state index in [1.54, 1.807) is 39.0 Å². The average Bonchev–Trinajstić information content (AvgIpc) is 2.57. The Morgan fingerprint density at radius 1 is 1.09 bits per heavy atom. The molecule has 32 heavy (non-hydrogen) atoms. The number of nitrogens with two attached hydrogens (primary N) is 1. The summed E-state index contributed by atoms with van der Waals surface area (Å²) >= 11 is 0.